The lowest BCUT2D eigenvalue weighted by molar-refractivity contribution is -0.146. The molecule has 0 unspecified atom stereocenters. The molecule has 0 saturated heterocycles. The number of hydrogen-bond donors (Lipinski definition) is 2. The maximum Gasteiger partial charge on any atom is 0.453 e. The Labute approximate surface area is 106 Å². The maximum absolute atomic E-state index is 12.7. The summed E-state index contributed by atoms with van der Waals surface area (Å²) in [5.41, 5.74) is 5.10. The van der Waals surface area contributed by atoms with Gasteiger partial charge in [0.2, 0.25) is 0 Å². The van der Waals surface area contributed by atoms with E-state index in [1.165, 1.54) is 12.1 Å². The molecule has 0 spiro atoms. The lowest BCUT2D eigenvalue weighted by Crippen LogP contribution is -2.39. The molecule has 0 aliphatic rings. The Balaban J connectivity index is 2.44. The van der Waals surface area contributed by atoms with Gasteiger partial charge in [0.15, 0.2) is 5.65 Å². The predicted molar refractivity (Wildman–Crippen MR) is 62.5 cm³/mol. The molecule has 2 heterocycles. The number of anilines is 1. The molecule has 9 heteroatoms. The Bertz CT molecular complexity index is 588. The van der Waals surface area contributed by atoms with E-state index >= 15 is 0 Å². The second kappa shape index (κ2) is 4.34. The molecule has 0 fully saturated rings. The molecule has 104 valence electrons. The number of alkyl halides is 3. The molecular formula is C10H13F3N6. The van der Waals surface area contributed by atoms with Crippen LogP contribution in [0.25, 0.3) is 5.65 Å². The molecule has 2 aromatic heterocycles. The summed E-state index contributed by atoms with van der Waals surface area (Å²) < 4.78 is 38.7. The molecule has 0 saturated carbocycles. The molecule has 3 N–H and O–H groups in total. The van der Waals surface area contributed by atoms with E-state index in [4.69, 9.17) is 5.73 Å². The van der Waals surface area contributed by atoms with Gasteiger partial charge < -0.3 is 11.1 Å². The van der Waals surface area contributed by atoms with Crippen molar-refractivity contribution in [2.24, 2.45) is 5.73 Å². The van der Waals surface area contributed by atoms with Gasteiger partial charge in [0.05, 0.1) is 0 Å². The molecule has 0 bridgehead atoms. The highest BCUT2D eigenvalue weighted by Gasteiger charge is 2.37. The normalized spacial score (nSPS) is 12.9. The van der Waals surface area contributed by atoms with Crippen LogP contribution in [0.3, 0.4) is 0 Å². The van der Waals surface area contributed by atoms with Crippen LogP contribution in [-0.2, 0) is 6.18 Å². The predicted octanol–water partition coefficient (Wildman–Crippen LogP) is 1.29. The van der Waals surface area contributed by atoms with Crippen LogP contribution in [0.15, 0.2) is 12.1 Å². The lowest BCUT2D eigenvalue weighted by atomic mass is 10.1. The number of hydrogen-bond acceptors (Lipinski definition) is 5. The lowest BCUT2D eigenvalue weighted by Gasteiger charge is -2.24. The van der Waals surface area contributed by atoms with Gasteiger partial charge in [-0.05, 0) is 26.0 Å². The molecule has 0 radical (unpaired) electrons. The van der Waals surface area contributed by atoms with Gasteiger partial charge in [-0.2, -0.15) is 17.7 Å². The number of aromatic nitrogens is 4. The minimum atomic E-state index is -4.60. The van der Waals surface area contributed by atoms with Gasteiger partial charge in [-0.25, -0.2) is 0 Å². The van der Waals surface area contributed by atoms with E-state index in [1.807, 2.05) is 13.8 Å². The summed E-state index contributed by atoms with van der Waals surface area (Å²) in [5.74, 6) is -0.884. The Morgan fingerprint density at radius 2 is 1.95 bits per heavy atom. The molecule has 0 aromatic carbocycles. The van der Waals surface area contributed by atoms with Crippen LogP contribution < -0.4 is 11.1 Å². The smallest absolute Gasteiger partial charge is 0.362 e. The molecule has 0 aliphatic carbocycles. The summed E-state index contributed by atoms with van der Waals surface area (Å²) in [6.45, 7) is 3.94. The zero-order chi connectivity index (χ0) is 14.3. The number of fused-ring (bicyclic) bond motifs is 1. The fourth-order valence-electron chi connectivity index (χ4n) is 1.43. The number of nitrogens with one attached hydrogen (secondary N) is 1. The number of rotatable bonds is 3. The first kappa shape index (κ1) is 13.5. The largest absolute Gasteiger partial charge is 0.453 e. The van der Waals surface area contributed by atoms with Gasteiger partial charge in [-0.1, -0.05) is 0 Å². The molecule has 2 aromatic rings. The van der Waals surface area contributed by atoms with Gasteiger partial charge >= 0.3 is 6.18 Å². The number of nitrogens with zero attached hydrogens (tertiary/aromatic N) is 4. The van der Waals surface area contributed by atoms with Crippen LogP contribution in [0, 0.1) is 0 Å². The molecule has 0 amide bonds. The first-order chi connectivity index (χ1) is 8.73. The monoisotopic (exact) mass is 274 g/mol. The topological polar surface area (TPSA) is 81.1 Å². The van der Waals surface area contributed by atoms with Crippen molar-refractivity contribution < 1.29 is 13.2 Å². The summed E-state index contributed by atoms with van der Waals surface area (Å²) in [7, 11) is 0. The van der Waals surface area contributed by atoms with Gasteiger partial charge in [0.25, 0.3) is 5.82 Å². The van der Waals surface area contributed by atoms with Crippen molar-refractivity contribution in [3.05, 3.63) is 18.0 Å². The highest BCUT2D eigenvalue weighted by Crippen LogP contribution is 2.27. The quantitative estimate of drug-likeness (QED) is 0.881. The third kappa shape index (κ3) is 2.75. The van der Waals surface area contributed by atoms with Crippen LogP contribution in [0.4, 0.5) is 19.0 Å². The average molecular weight is 274 g/mol. The fourth-order valence-corrected chi connectivity index (χ4v) is 1.43. The van der Waals surface area contributed by atoms with E-state index in [-0.39, 0.29) is 11.5 Å². The van der Waals surface area contributed by atoms with E-state index in [0.717, 1.165) is 0 Å². The molecule has 19 heavy (non-hydrogen) atoms. The first-order valence-electron chi connectivity index (χ1n) is 5.51. The third-order valence-corrected chi connectivity index (χ3v) is 2.49. The molecule has 2 rings (SSSR count). The molecule has 0 aliphatic heterocycles. The Kier molecular flexibility index (Phi) is 3.09. The summed E-state index contributed by atoms with van der Waals surface area (Å²) >= 11 is 0. The second-order valence-corrected chi connectivity index (χ2v) is 4.72. The van der Waals surface area contributed by atoms with E-state index in [9.17, 15) is 13.2 Å². The van der Waals surface area contributed by atoms with Gasteiger partial charge in [0.1, 0.15) is 5.82 Å². The zero-order valence-electron chi connectivity index (χ0n) is 10.4. The van der Waals surface area contributed by atoms with Gasteiger partial charge in [-0.3, -0.25) is 0 Å². The van der Waals surface area contributed by atoms with Crippen LogP contribution >= 0.6 is 0 Å². The minimum Gasteiger partial charge on any atom is -0.362 e. The van der Waals surface area contributed by atoms with Crippen molar-refractivity contribution in [1.29, 1.82) is 0 Å². The molecule has 0 atom stereocenters. The van der Waals surface area contributed by atoms with Crippen LogP contribution in [0.1, 0.15) is 19.7 Å². The maximum atomic E-state index is 12.7. The zero-order valence-corrected chi connectivity index (χ0v) is 10.4. The summed E-state index contributed by atoms with van der Waals surface area (Å²) in [4.78, 5) is 0. The van der Waals surface area contributed by atoms with Crippen LogP contribution in [-0.4, -0.2) is 31.9 Å². The standard InChI is InChI=1S/C10H13F3N6/c1-9(2,5-14)15-6-3-4-7-16-17-8(10(11,12)13)19(7)18-6/h3-4H,5,14H2,1-2H3,(H,15,18). The van der Waals surface area contributed by atoms with Gasteiger partial charge in [0, 0.05) is 12.1 Å². The second-order valence-electron chi connectivity index (χ2n) is 4.72. The summed E-state index contributed by atoms with van der Waals surface area (Å²) in [6.07, 6.45) is -4.60. The first-order valence-corrected chi connectivity index (χ1v) is 5.51. The molecule has 6 nitrogen and oxygen atoms in total. The number of halogens is 3. The average Bonchev–Trinajstić information content (AvgIpc) is 2.71. The highest BCUT2D eigenvalue weighted by molar-refractivity contribution is 5.45. The SMILES string of the molecule is CC(C)(CN)Nc1ccc2nnc(C(F)(F)F)n2n1. The fraction of sp³-hybridized carbons (Fsp3) is 0.500. The van der Waals surface area contributed by atoms with Crippen molar-refractivity contribution in [3.8, 4) is 0 Å². The van der Waals surface area contributed by atoms with E-state index in [2.05, 4.69) is 20.6 Å². The summed E-state index contributed by atoms with van der Waals surface area (Å²) in [6, 6.07) is 2.94. The Hall–Kier alpha value is -1.90. The Morgan fingerprint density at radius 3 is 2.53 bits per heavy atom. The number of nitrogens with two attached hydrogens (primary N) is 1. The van der Waals surface area contributed by atoms with Gasteiger partial charge in [-0.15, -0.1) is 15.3 Å². The van der Waals surface area contributed by atoms with Crippen LogP contribution in [0.2, 0.25) is 0 Å². The minimum absolute atomic E-state index is 0.0310. The van der Waals surface area contributed by atoms with Crippen molar-refractivity contribution in [2.75, 3.05) is 11.9 Å². The van der Waals surface area contributed by atoms with Crippen molar-refractivity contribution >= 4 is 11.5 Å². The summed E-state index contributed by atoms with van der Waals surface area (Å²) in [5, 5.41) is 13.3. The van der Waals surface area contributed by atoms with E-state index in [0.29, 0.717) is 11.1 Å². The van der Waals surface area contributed by atoms with Crippen molar-refractivity contribution in [1.82, 2.24) is 19.8 Å². The van der Waals surface area contributed by atoms with Crippen molar-refractivity contribution in [2.45, 2.75) is 25.6 Å². The van der Waals surface area contributed by atoms with Crippen molar-refractivity contribution in [3.63, 3.8) is 0 Å². The van der Waals surface area contributed by atoms with E-state index in [1.54, 1.807) is 0 Å². The van der Waals surface area contributed by atoms with E-state index < -0.39 is 17.5 Å². The van der Waals surface area contributed by atoms with Crippen LogP contribution in [0.5, 0.6) is 0 Å². The molecular weight excluding hydrogens is 261 g/mol. The highest BCUT2D eigenvalue weighted by atomic mass is 19.4. The Morgan fingerprint density at radius 1 is 1.26 bits per heavy atom. The third-order valence-electron chi connectivity index (χ3n) is 2.49.